The Morgan fingerprint density at radius 3 is 2.44 bits per heavy atom. The number of ether oxygens (including phenoxy) is 3. The molecule has 1 aliphatic rings. The Morgan fingerprint density at radius 2 is 1.81 bits per heavy atom. The van der Waals surface area contributed by atoms with Crippen molar-refractivity contribution in [1.29, 1.82) is 0 Å². The third kappa shape index (κ3) is 4.01. The van der Waals surface area contributed by atoms with Gasteiger partial charge in [0.15, 0.2) is 11.5 Å². The monoisotopic (exact) mass is 436 g/mol. The molecule has 1 unspecified atom stereocenters. The Kier molecular flexibility index (Phi) is 6.07. The fourth-order valence-electron chi connectivity index (χ4n) is 3.94. The van der Waals surface area contributed by atoms with Crippen molar-refractivity contribution >= 4 is 5.91 Å². The standard InChI is InChI=1S/C23H24N4O5/c1-30-18-11-14(12-19(31-2)21(18)32-3)23(29)27-10-6-8-17(27)22-25-16(13-20(28)26-22)15-7-4-5-9-24-15/h4-5,7,9,11-13,17H,6,8,10H2,1-3H3,(H,25,26,28). The fourth-order valence-corrected chi connectivity index (χ4v) is 3.94. The summed E-state index contributed by atoms with van der Waals surface area (Å²) in [6.45, 7) is 0.539. The molecular weight excluding hydrogens is 412 g/mol. The number of nitrogens with zero attached hydrogens (tertiary/aromatic N) is 3. The molecule has 4 rings (SSSR count). The molecule has 0 radical (unpaired) electrons. The lowest BCUT2D eigenvalue weighted by Crippen LogP contribution is -2.32. The molecule has 1 amide bonds. The fraction of sp³-hybridized carbons (Fsp3) is 0.304. The Morgan fingerprint density at radius 1 is 1.06 bits per heavy atom. The second-order valence-corrected chi connectivity index (χ2v) is 7.30. The smallest absolute Gasteiger partial charge is 0.254 e. The Hall–Kier alpha value is -3.88. The molecule has 1 aromatic carbocycles. The van der Waals surface area contributed by atoms with E-state index in [0.29, 0.717) is 53.0 Å². The molecule has 0 saturated carbocycles. The van der Waals surface area contributed by atoms with Crippen LogP contribution >= 0.6 is 0 Å². The van der Waals surface area contributed by atoms with Crippen LogP contribution in [-0.4, -0.2) is 53.6 Å². The molecule has 2 aromatic heterocycles. The van der Waals surface area contributed by atoms with E-state index in [4.69, 9.17) is 14.2 Å². The van der Waals surface area contributed by atoms with Crippen molar-refractivity contribution < 1.29 is 19.0 Å². The maximum atomic E-state index is 13.4. The van der Waals surface area contributed by atoms with Gasteiger partial charge >= 0.3 is 0 Å². The quantitative estimate of drug-likeness (QED) is 0.633. The predicted molar refractivity (Wildman–Crippen MR) is 117 cm³/mol. The molecule has 32 heavy (non-hydrogen) atoms. The van der Waals surface area contributed by atoms with Gasteiger partial charge < -0.3 is 24.1 Å². The number of pyridine rings is 1. The van der Waals surface area contributed by atoms with Crippen LogP contribution < -0.4 is 19.8 Å². The summed E-state index contributed by atoms with van der Waals surface area (Å²) < 4.78 is 16.1. The highest BCUT2D eigenvalue weighted by molar-refractivity contribution is 5.96. The maximum absolute atomic E-state index is 13.4. The first kappa shape index (κ1) is 21.4. The number of hydrogen-bond donors (Lipinski definition) is 1. The average Bonchev–Trinajstić information content (AvgIpc) is 3.32. The number of nitrogens with one attached hydrogen (secondary N) is 1. The zero-order valence-electron chi connectivity index (χ0n) is 18.1. The summed E-state index contributed by atoms with van der Waals surface area (Å²) in [4.78, 5) is 39.2. The van der Waals surface area contributed by atoms with Crippen molar-refractivity contribution in [3.63, 3.8) is 0 Å². The summed E-state index contributed by atoms with van der Waals surface area (Å²) in [5, 5.41) is 0. The number of benzene rings is 1. The van der Waals surface area contributed by atoms with Gasteiger partial charge in [0.1, 0.15) is 5.82 Å². The minimum absolute atomic E-state index is 0.211. The van der Waals surface area contributed by atoms with Crippen molar-refractivity contribution in [2.24, 2.45) is 0 Å². The minimum atomic E-state index is -0.363. The van der Waals surface area contributed by atoms with Gasteiger partial charge in [0.2, 0.25) is 5.75 Å². The number of carbonyl (C=O) groups excluding carboxylic acids is 1. The number of aromatic nitrogens is 3. The lowest BCUT2D eigenvalue weighted by atomic mass is 10.1. The first-order valence-corrected chi connectivity index (χ1v) is 10.2. The highest BCUT2D eigenvalue weighted by Gasteiger charge is 2.33. The van der Waals surface area contributed by atoms with Crippen molar-refractivity contribution in [3.8, 4) is 28.6 Å². The normalized spacial score (nSPS) is 15.5. The molecule has 3 aromatic rings. The topological polar surface area (TPSA) is 107 Å². The third-order valence-electron chi connectivity index (χ3n) is 5.43. The van der Waals surface area contributed by atoms with Crippen molar-refractivity contribution in [1.82, 2.24) is 19.9 Å². The number of amides is 1. The molecule has 9 nitrogen and oxygen atoms in total. The number of likely N-dealkylation sites (tertiary alicyclic amines) is 1. The number of carbonyl (C=O) groups is 1. The van der Waals surface area contributed by atoms with Gasteiger partial charge in [-0.25, -0.2) is 4.98 Å². The van der Waals surface area contributed by atoms with Crippen molar-refractivity contribution in [2.45, 2.75) is 18.9 Å². The highest BCUT2D eigenvalue weighted by Crippen LogP contribution is 2.40. The largest absolute Gasteiger partial charge is 0.493 e. The van der Waals surface area contributed by atoms with E-state index in [1.54, 1.807) is 35.4 Å². The second-order valence-electron chi connectivity index (χ2n) is 7.30. The highest BCUT2D eigenvalue weighted by atomic mass is 16.5. The van der Waals surface area contributed by atoms with Crippen LogP contribution in [0, 0.1) is 0 Å². The lowest BCUT2D eigenvalue weighted by Gasteiger charge is -2.25. The van der Waals surface area contributed by atoms with Crippen LogP contribution in [0.5, 0.6) is 17.2 Å². The van der Waals surface area contributed by atoms with E-state index in [1.165, 1.54) is 27.4 Å². The molecular formula is C23H24N4O5. The van der Waals surface area contributed by atoms with E-state index in [9.17, 15) is 9.59 Å². The predicted octanol–water partition coefficient (Wildman–Crippen LogP) is 2.84. The van der Waals surface area contributed by atoms with Crippen LogP contribution in [0.3, 0.4) is 0 Å². The Labute approximate surface area is 185 Å². The SMILES string of the molecule is COc1cc(C(=O)N2CCCC2c2nc(-c3ccccn3)cc(=O)[nH]2)cc(OC)c1OC. The molecule has 1 atom stereocenters. The summed E-state index contributed by atoms with van der Waals surface area (Å²) in [6.07, 6.45) is 3.12. The van der Waals surface area contributed by atoms with Crippen LogP contribution in [-0.2, 0) is 0 Å². The molecule has 0 spiro atoms. The summed E-state index contributed by atoms with van der Waals surface area (Å²) in [5.41, 5.74) is 1.18. The number of methoxy groups -OCH3 is 3. The van der Waals surface area contributed by atoms with E-state index < -0.39 is 0 Å². The van der Waals surface area contributed by atoms with Crippen LogP contribution in [0.2, 0.25) is 0 Å². The molecule has 9 heteroatoms. The molecule has 3 heterocycles. The summed E-state index contributed by atoms with van der Waals surface area (Å²) in [5.74, 6) is 1.44. The molecule has 1 saturated heterocycles. The molecule has 166 valence electrons. The lowest BCUT2D eigenvalue weighted by molar-refractivity contribution is 0.0729. The third-order valence-corrected chi connectivity index (χ3v) is 5.43. The number of H-pyrrole nitrogens is 1. The first-order chi connectivity index (χ1) is 15.5. The van der Waals surface area contributed by atoms with E-state index in [0.717, 1.165) is 6.42 Å². The molecule has 1 N–H and O–H groups in total. The molecule has 0 bridgehead atoms. The van der Waals surface area contributed by atoms with Crippen molar-refractivity contribution in [3.05, 3.63) is 64.3 Å². The van der Waals surface area contributed by atoms with E-state index in [2.05, 4.69) is 15.0 Å². The summed E-state index contributed by atoms with van der Waals surface area (Å²) in [6, 6.07) is 9.72. The first-order valence-electron chi connectivity index (χ1n) is 10.2. The Balaban J connectivity index is 1.70. The average molecular weight is 436 g/mol. The molecule has 1 aliphatic heterocycles. The van der Waals surface area contributed by atoms with Crippen LogP contribution in [0.25, 0.3) is 11.4 Å². The van der Waals surface area contributed by atoms with Gasteiger partial charge in [-0.15, -0.1) is 0 Å². The van der Waals surface area contributed by atoms with Gasteiger partial charge in [-0.1, -0.05) is 6.07 Å². The number of hydrogen-bond acceptors (Lipinski definition) is 7. The van der Waals surface area contributed by atoms with E-state index in [1.807, 2.05) is 6.07 Å². The van der Waals surface area contributed by atoms with Gasteiger partial charge in [-0.2, -0.15) is 0 Å². The van der Waals surface area contributed by atoms with Crippen LogP contribution in [0.15, 0.2) is 47.4 Å². The van der Waals surface area contributed by atoms with Gasteiger partial charge in [0.05, 0.1) is 38.8 Å². The van der Waals surface area contributed by atoms with Crippen molar-refractivity contribution in [2.75, 3.05) is 27.9 Å². The Bertz CT molecular complexity index is 1150. The number of rotatable bonds is 6. The minimum Gasteiger partial charge on any atom is -0.493 e. The summed E-state index contributed by atoms with van der Waals surface area (Å²) >= 11 is 0. The van der Waals surface area contributed by atoms with E-state index in [-0.39, 0.29) is 17.5 Å². The maximum Gasteiger partial charge on any atom is 0.254 e. The second kappa shape index (κ2) is 9.09. The number of aromatic amines is 1. The van der Waals surface area contributed by atoms with Crippen LogP contribution in [0.4, 0.5) is 0 Å². The molecule has 1 fully saturated rings. The van der Waals surface area contributed by atoms with Gasteiger partial charge in [0.25, 0.3) is 11.5 Å². The van der Waals surface area contributed by atoms with E-state index >= 15 is 0 Å². The zero-order chi connectivity index (χ0) is 22.7. The van der Waals surface area contributed by atoms with Gasteiger partial charge in [-0.3, -0.25) is 14.6 Å². The van der Waals surface area contributed by atoms with Crippen LogP contribution in [0.1, 0.15) is 35.1 Å². The molecule has 0 aliphatic carbocycles. The summed E-state index contributed by atoms with van der Waals surface area (Å²) in [7, 11) is 4.51. The van der Waals surface area contributed by atoms with Gasteiger partial charge in [-0.05, 0) is 37.1 Å². The zero-order valence-corrected chi connectivity index (χ0v) is 18.1. The van der Waals surface area contributed by atoms with Gasteiger partial charge in [0, 0.05) is 24.4 Å².